The summed E-state index contributed by atoms with van der Waals surface area (Å²) in [6.45, 7) is 0. The fourth-order valence-electron chi connectivity index (χ4n) is 3.10. The normalized spacial score (nSPS) is 33.7. The Hall–Kier alpha value is -1.46. The van der Waals surface area contributed by atoms with Gasteiger partial charge < -0.3 is 15.5 Å². The van der Waals surface area contributed by atoms with E-state index in [0.717, 1.165) is 24.8 Å². The van der Waals surface area contributed by atoms with Crippen molar-refractivity contribution in [1.82, 2.24) is 10.3 Å². The first-order valence-electron chi connectivity index (χ1n) is 7.23. The van der Waals surface area contributed by atoms with Gasteiger partial charge in [-0.25, -0.2) is 0 Å². The Labute approximate surface area is 118 Å². The molecule has 3 N–H and O–H groups in total. The SMILES string of the molecule is O=C(NC1C(c2cccnc2)CC(O)C1O)C1CCC1. The molecule has 3 rings (SSSR count). The van der Waals surface area contributed by atoms with Gasteiger partial charge in [-0.1, -0.05) is 12.5 Å². The molecule has 4 atom stereocenters. The highest BCUT2D eigenvalue weighted by Crippen LogP contribution is 2.36. The average molecular weight is 276 g/mol. The molecule has 0 aromatic carbocycles. The lowest BCUT2D eigenvalue weighted by atomic mass is 9.84. The van der Waals surface area contributed by atoms with Crippen molar-refractivity contribution in [3.05, 3.63) is 30.1 Å². The summed E-state index contributed by atoms with van der Waals surface area (Å²) >= 11 is 0. The van der Waals surface area contributed by atoms with Crippen LogP contribution in [0, 0.1) is 5.92 Å². The molecule has 1 aromatic heterocycles. The monoisotopic (exact) mass is 276 g/mol. The molecular formula is C15H20N2O3. The second-order valence-electron chi connectivity index (χ2n) is 5.85. The number of carbonyl (C=O) groups is 1. The van der Waals surface area contributed by atoms with E-state index in [0.29, 0.717) is 6.42 Å². The largest absolute Gasteiger partial charge is 0.390 e. The summed E-state index contributed by atoms with van der Waals surface area (Å²) in [6.07, 6.45) is 5.10. The lowest BCUT2D eigenvalue weighted by Crippen LogP contribution is -2.48. The molecule has 2 saturated carbocycles. The Balaban J connectivity index is 1.76. The maximum Gasteiger partial charge on any atom is 0.223 e. The van der Waals surface area contributed by atoms with Crippen LogP contribution in [0.15, 0.2) is 24.5 Å². The minimum Gasteiger partial charge on any atom is -0.390 e. The van der Waals surface area contributed by atoms with Crippen molar-refractivity contribution >= 4 is 5.91 Å². The molecule has 20 heavy (non-hydrogen) atoms. The van der Waals surface area contributed by atoms with Crippen molar-refractivity contribution in [3.8, 4) is 0 Å². The smallest absolute Gasteiger partial charge is 0.223 e. The van der Waals surface area contributed by atoms with Gasteiger partial charge in [0.05, 0.1) is 12.1 Å². The van der Waals surface area contributed by atoms with Gasteiger partial charge in [0.1, 0.15) is 6.10 Å². The Kier molecular flexibility index (Phi) is 3.72. The molecule has 5 heteroatoms. The van der Waals surface area contributed by atoms with Crippen LogP contribution in [0.2, 0.25) is 0 Å². The van der Waals surface area contributed by atoms with E-state index in [-0.39, 0.29) is 17.7 Å². The number of rotatable bonds is 3. The number of hydrogen-bond acceptors (Lipinski definition) is 4. The Morgan fingerprint density at radius 2 is 2.15 bits per heavy atom. The van der Waals surface area contributed by atoms with Gasteiger partial charge in [0.15, 0.2) is 0 Å². The van der Waals surface area contributed by atoms with E-state index >= 15 is 0 Å². The van der Waals surface area contributed by atoms with Crippen molar-refractivity contribution in [2.24, 2.45) is 5.92 Å². The van der Waals surface area contributed by atoms with Gasteiger partial charge >= 0.3 is 0 Å². The molecule has 2 fully saturated rings. The van der Waals surface area contributed by atoms with Crippen LogP contribution >= 0.6 is 0 Å². The van der Waals surface area contributed by atoms with Gasteiger partial charge in [-0.05, 0) is 30.9 Å². The van der Waals surface area contributed by atoms with Crippen LogP contribution in [0.3, 0.4) is 0 Å². The van der Waals surface area contributed by atoms with E-state index in [1.54, 1.807) is 12.4 Å². The second kappa shape index (κ2) is 5.50. The zero-order chi connectivity index (χ0) is 14.1. The molecule has 5 nitrogen and oxygen atoms in total. The molecule has 0 bridgehead atoms. The van der Waals surface area contributed by atoms with Crippen LogP contribution < -0.4 is 5.32 Å². The zero-order valence-electron chi connectivity index (χ0n) is 11.3. The van der Waals surface area contributed by atoms with E-state index in [9.17, 15) is 15.0 Å². The molecule has 2 aliphatic rings. The standard InChI is InChI=1S/C15H20N2O3/c18-12-7-11(10-5-2-6-16-8-10)13(14(12)19)17-15(20)9-3-1-4-9/h2,5-6,8-9,11-14,18-19H,1,3-4,7H2,(H,17,20). The van der Waals surface area contributed by atoms with Crippen molar-refractivity contribution in [2.75, 3.05) is 0 Å². The Bertz CT molecular complexity index is 475. The van der Waals surface area contributed by atoms with E-state index < -0.39 is 18.2 Å². The summed E-state index contributed by atoms with van der Waals surface area (Å²) in [5, 5.41) is 23.0. The van der Waals surface area contributed by atoms with Gasteiger partial charge in [-0.15, -0.1) is 0 Å². The number of hydrogen-bond donors (Lipinski definition) is 3. The van der Waals surface area contributed by atoms with Gasteiger partial charge in [0, 0.05) is 24.2 Å². The predicted octanol–water partition coefficient (Wildman–Crippen LogP) is 0.576. The van der Waals surface area contributed by atoms with E-state index in [4.69, 9.17) is 0 Å². The Morgan fingerprint density at radius 3 is 2.75 bits per heavy atom. The maximum atomic E-state index is 12.1. The van der Waals surface area contributed by atoms with Crippen LogP contribution in [-0.2, 0) is 4.79 Å². The number of pyridine rings is 1. The predicted molar refractivity (Wildman–Crippen MR) is 72.9 cm³/mol. The fourth-order valence-corrected chi connectivity index (χ4v) is 3.10. The molecular weight excluding hydrogens is 256 g/mol. The van der Waals surface area contributed by atoms with Crippen LogP contribution in [0.4, 0.5) is 0 Å². The highest BCUT2D eigenvalue weighted by atomic mass is 16.3. The highest BCUT2D eigenvalue weighted by Gasteiger charge is 2.44. The molecule has 1 heterocycles. The fraction of sp³-hybridized carbons (Fsp3) is 0.600. The number of amides is 1. The molecule has 108 valence electrons. The lowest BCUT2D eigenvalue weighted by molar-refractivity contribution is -0.129. The molecule has 1 aromatic rings. The first-order valence-corrected chi connectivity index (χ1v) is 7.23. The number of nitrogens with zero attached hydrogens (tertiary/aromatic N) is 1. The number of carbonyl (C=O) groups excluding carboxylic acids is 1. The summed E-state index contributed by atoms with van der Waals surface area (Å²) in [7, 11) is 0. The molecule has 0 radical (unpaired) electrons. The highest BCUT2D eigenvalue weighted by molar-refractivity contribution is 5.80. The zero-order valence-corrected chi connectivity index (χ0v) is 11.3. The summed E-state index contributed by atoms with van der Waals surface area (Å²) in [5.74, 6) is -0.00416. The van der Waals surface area contributed by atoms with Crippen LogP contribution in [-0.4, -0.2) is 39.4 Å². The van der Waals surface area contributed by atoms with Crippen molar-refractivity contribution in [3.63, 3.8) is 0 Å². The van der Waals surface area contributed by atoms with Gasteiger partial charge in [-0.2, -0.15) is 0 Å². The first kappa shape index (κ1) is 13.5. The molecule has 1 amide bonds. The first-order chi connectivity index (χ1) is 9.66. The lowest BCUT2D eigenvalue weighted by Gasteiger charge is -2.29. The topological polar surface area (TPSA) is 82.5 Å². The van der Waals surface area contributed by atoms with E-state index in [2.05, 4.69) is 10.3 Å². The number of aromatic nitrogens is 1. The van der Waals surface area contributed by atoms with E-state index in [1.807, 2.05) is 12.1 Å². The van der Waals surface area contributed by atoms with Crippen LogP contribution in [0.5, 0.6) is 0 Å². The molecule has 4 unspecified atom stereocenters. The molecule has 2 aliphatic carbocycles. The summed E-state index contributed by atoms with van der Waals surface area (Å²) in [4.78, 5) is 16.2. The third-order valence-corrected chi connectivity index (χ3v) is 4.59. The van der Waals surface area contributed by atoms with Gasteiger partial charge in [0.2, 0.25) is 5.91 Å². The minimum atomic E-state index is -0.913. The average Bonchev–Trinajstić information content (AvgIpc) is 2.66. The number of nitrogens with one attached hydrogen (secondary N) is 1. The molecule has 0 spiro atoms. The van der Waals surface area contributed by atoms with Crippen molar-refractivity contribution < 1.29 is 15.0 Å². The molecule has 0 aliphatic heterocycles. The third kappa shape index (κ3) is 2.43. The quantitative estimate of drug-likeness (QED) is 0.754. The molecule has 0 saturated heterocycles. The van der Waals surface area contributed by atoms with Crippen LogP contribution in [0.1, 0.15) is 37.2 Å². The summed E-state index contributed by atoms with van der Waals surface area (Å²) < 4.78 is 0. The van der Waals surface area contributed by atoms with Crippen molar-refractivity contribution in [1.29, 1.82) is 0 Å². The van der Waals surface area contributed by atoms with Gasteiger partial charge in [0.25, 0.3) is 0 Å². The number of aliphatic hydroxyl groups excluding tert-OH is 2. The van der Waals surface area contributed by atoms with E-state index in [1.165, 1.54) is 0 Å². The maximum absolute atomic E-state index is 12.1. The van der Waals surface area contributed by atoms with Crippen molar-refractivity contribution in [2.45, 2.75) is 49.9 Å². The third-order valence-electron chi connectivity index (χ3n) is 4.59. The van der Waals surface area contributed by atoms with Crippen LogP contribution in [0.25, 0.3) is 0 Å². The second-order valence-corrected chi connectivity index (χ2v) is 5.85. The Morgan fingerprint density at radius 1 is 1.35 bits per heavy atom. The summed E-state index contributed by atoms with van der Waals surface area (Å²) in [5.41, 5.74) is 0.946. The number of aliphatic hydroxyl groups is 2. The summed E-state index contributed by atoms with van der Waals surface area (Å²) in [6, 6.07) is 3.32. The van der Waals surface area contributed by atoms with Gasteiger partial charge in [-0.3, -0.25) is 9.78 Å². The minimum absolute atomic E-state index is 0.00305.